The van der Waals surface area contributed by atoms with Gasteiger partial charge in [-0.15, -0.1) is 0 Å². The van der Waals surface area contributed by atoms with Gasteiger partial charge in [0.15, 0.2) is 0 Å². The first-order valence-electron chi connectivity index (χ1n) is 12.1. The summed E-state index contributed by atoms with van der Waals surface area (Å²) in [7, 11) is 0. The highest BCUT2D eigenvalue weighted by Gasteiger charge is 2.42. The fraction of sp³-hybridized carbons (Fsp3) is 0.500. The van der Waals surface area contributed by atoms with E-state index >= 15 is 0 Å². The number of carbonyl (C=O) groups is 1. The molecule has 0 unspecified atom stereocenters. The molecule has 2 amide bonds. The fourth-order valence-corrected chi connectivity index (χ4v) is 4.92. The van der Waals surface area contributed by atoms with Gasteiger partial charge < -0.3 is 20.3 Å². The van der Waals surface area contributed by atoms with Crippen LogP contribution < -0.4 is 10.6 Å². The van der Waals surface area contributed by atoms with E-state index in [-0.39, 0.29) is 30.3 Å². The van der Waals surface area contributed by atoms with Crippen LogP contribution in [0, 0.1) is 0 Å². The summed E-state index contributed by atoms with van der Waals surface area (Å²) in [5, 5.41) is 6.42. The van der Waals surface area contributed by atoms with E-state index in [1.165, 1.54) is 6.92 Å². The van der Waals surface area contributed by atoms with Crippen molar-refractivity contribution >= 4 is 6.03 Å². The second-order valence-electron chi connectivity index (χ2n) is 9.67. The minimum absolute atomic E-state index is 0.0220. The Morgan fingerprint density at radius 3 is 2.22 bits per heavy atom. The van der Waals surface area contributed by atoms with Crippen molar-refractivity contribution in [2.24, 2.45) is 0 Å². The molecule has 0 bridgehead atoms. The van der Waals surface area contributed by atoms with E-state index in [2.05, 4.69) is 10.6 Å². The van der Waals surface area contributed by atoms with Crippen LogP contribution in [-0.2, 0) is 22.6 Å². The zero-order chi connectivity index (χ0) is 26.8. The maximum atomic E-state index is 13.3. The number of urea groups is 1. The van der Waals surface area contributed by atoms with Gasteiger partial charge in [-0.05, 0) is 55.5 Å². The van der Waals surface area contributed by atoms with E-state index in [1.54, 1.807) is 4.90 Å². The Labute approximate surface area is 211 Å². The van der Waals surface area contributed by atoms with Crippen molar-refractivity contribution in [3.8, 4) is 0 Å². The summed E-state index contributed by atoms with van der Waals surface area (Å²) in [5.41, 5.74) is -2.92. The number of halogens is 6. The van der Waals surface area contributed by atoms with Gasteiger partial charge in [0, 0.05) is 25.7 Å². The monoisotopic (exact) mass is 529 g/mol. The fourth-order valence-electron chi connectivity index (χ4n) is 4.92. The molecule has 2 aliphatic rings. The summed E-state index contributed by atoms with van der Waals surface area (Å²) in [4.78, 5) is 14.4. The SMILES string of the molecule is C[C@@H](OC[C@@]1(c2ccccc2)C[C@H](NC(=O)N2CCCC2)CN1)c1cc(C(F)(F)F)cc(C(F)(F)F)c1. The summed E-state index contributed by atoms with van der Waals surface area (Å²) in [6, 6.07) is 10.4. The maximum absolute atomic E-state index is 13.3. The summed E-state index contributed by atoms with van der Waals surface area (Å²) < 4.78 is 85.8. The smallest absolute Gasteiger partial charge is 0.372 e. The van der Waals surface area contributed by atoms with Crippen LogP contribution in [0.5, 0.6) is 0 Å². The van der Waals surface area contributed by atoms with Crippen LogP contribution in [0.3, 0.4) is 0 Å². The molecule has 202 valence electrons. The van der Waals surface area contributed by atoms with Crippen LogP contribution in [-0.4, -0.2) is 43.2 Å². The highest BCUT2D eigenvalue weighted by molar-refractivity contribution is 5.74. The number of amides is 2. The van der Waals surface area contributed by atoms with Crippen LogP contribution in [0.1, 0.15) is 54.5 Å². The first-order valence-corrected chi connectivity index (χ1v) is 12.1. The molecule has 0 aliphatic carbocycles. The molecule has 0 aromatic heterocycles. The molecule has 2 N–H and O–H groups in total. The lowest BCUT2D eigenvalue weighted by atomic mass is 9.88. The summed E-state index contributed by atoms with van der Waals surface area (Å²) in [5.74, 6) is 0. The Hall–Kier alpha value is -2.79. The highest BCUT2D eigenvalue weighted by atomic mass is 19.4. The number of ether oxygens (including phenoxy) is 1. The number of alkyl halides is 6. The number of hydrogen-bond donors (Lipinski definition) is 2. The topological polar surface area (TPSA) is 53.6 Å². The second-order valence-corrected chi connectivity index (χ2v) is 9.67. The molecule has 5 nitrogen and oxygen atoms in total. The van der Waals surface area contributed by atoms with Gasteiger partial charge in [0.25, 0.3) is 0 Å². The van der Waals surface area contributed by atoms with E-state index in [1.807, 2.05) is 30.3 Å². The first kappa shape index (κ1) is 27.3. The number of nitrogens with one attached hydrogen (secondary N) is 2. The molecule has 11 heteroatoms. The Balaban J connectivity index is 1.53. The third-order valence-electron chi connectivity index (χ3n) is 6.99. The number of carbonyl (C=O) groups excluding carboxylic acids is 1. The lowest BCUT2D eigenvalue weighted by molar-refractivity contribution is -0.143. The van der Waals surface area contributed by atoms with Crippen molar-refractivity contribution in [1.82, 2.24) is 15.5 Å². The number of nitrogens with zero attached hydrogens (tertiary/aromatic N) is 1. The van der Waals surface area contributed by atoms with Crippen molar-refractivity contribution in [3.63, 3.8) is 0 Å². The molecular weight excluding hydrogens is 500 g/mol. The lowest BCUT2D eigenvalue weighted by Gasteiger charge is -2.32. The number of rotatable bonds is 6. The van der Waals surface area contributed by atoms with Crippen LogP contribution in [0.25, 0.3) is 0 Å². The normalized spacial score (nSPS) is 23.3. The van der Waals surface area contributed by atoms with Gasteiger partial charge in [-0.1, -0.05) is 30.3 Å². The Kier molecular flexibility index (Phi) is 7.75. The third kappa shape index (κ3) is 6.38. The molecule has 2 saturated heterocycles. The van der Waals surface area contributed by atoms with Gasteiger partial charge >= 0.3 is 18.4 Å². The van der Waals surface area contributed by atoms with Gasteiger partial charge in [0.2, 0.25) is 0 Å². The summed E-state index contributed by atoms with van der Waals surface area (Å²) >= 11 is 0. The largest absolute Gasteiger partial charge is 0.416 e. The van der Waals surface area contributed by atoms with Crippen LogP contribution in [0.2, 0.25) is 0 Å². The standard InChI is InChI=1S/C26H29F6N3O2/c1-17(18-11-20(25(27,28)29)13-21(12-18)26(30,31)32)37-16-24(19-7-3-2-4-8-19)14-22(15-33-24)34-23(36)35-9-5-6-10-35/h2-4,7-8,11-13,17,22,33H,5-6,9-10,14-16H2,1H3,(H,34,36)/t17-,22+,24-/m1/s1. The molecule has 3 atom stereocenters. The van der Waals surface area contributed by atoms with E-state index in [9.17, 15) is 31.1 Å². The lowest BCUT2D eigenvalue weighted by Crippen LogP contribution is -2.44. The number of hydrogen-bond acceptors (Lipinski definition) is 3. The molecular formula is C26H29F6N3O2. The van der Waals surface area contributed by atoms with E-state index < -0.39 is 35.1 Å². The van der Waals surface area contributed by atoms with Crippen molar-refractivity contribution in [1.29, 1.82) is 0 Å². The first-order chi connectivity index (χ1) is 17.4. The van der Waals surface area contributed by atoms with Crippen molar-refractivity contribution in [2.75, 3.05) is 26.2 Å². The van der Waals surface area contributed by atoms with Crippen molar-refractivity contribution < 1.29 is 35.9 Å². The van der Waals surface area contributed by atoms with Gasteiger partial charge in [-0.3, -0.25) is 0 Å². The van der Waals surface area contributed by atoms with Crippen LogP contribution in [0.15, 0.2) is 48.5 Å². The number of likely N-dealkylation sites (tertiary alicyclic amines) is 1. The van der Waals surface area contributed by atoms with Gasteiger partial charge in [-0.25, -0.2) is 4.79 Å². The van der Waals surface area contributed by atoms with E-state index in [0.717, 1.165) is 18.4 Å². The number of benzene rings is 2. The highest BCUT2D eigenvalue weighted by Crippen LogP contribution is 2.39. The van der Waals surface area contributed by atoms with Crippen LogP contribution in [0.4, 0.5) is 31.1 Å². The Morgan fingerprint density at radius 1 is 1.05 bits per heavy atom. The molecule has 0 spiro atoms. The molecule has 2 aliphatic heterocycles. The second kappa shape index (κ2) is 10.5. The summed E-state index contributed by atoms with van der Waals surface area (Å²) in [6.45, 7) is 3.25. The molecule has 2 aromatic carbocycles. The molecule has 2 heterocycles. The average Bonchev–Trinajstić information content (AvgIpc) is 3.53. The van der Waals surface area contributed by atoms with Gasteiger partial charge in [-0.2, -0.15) is 26.3 Å². The predicted molar refractivity (Wildman–Crippen MR) is 125 cm³/mol. The Morgan fingerprint density at radius 2 is 1.65 bits per heavy atom. The van der Waals surface area contributed by atoms with Gasteiger partial charge in [0.1, 0.15) is 0 Å². The Bertz CT molecular complexity index is 1050. The quantitative estimate of drug-likeness (QED) is 0.461. The van der Waals surface area contributed by atoms with E-state index in [4.69, 9.17) is 4.74 Å². The zero-order valence-corrected chi connectivity index (χ0v) is 20.3. The molecule has 2 aromatic rings. The van der Waals surface area contributed by atoms with E-state index in [0.29, 0.717) is 38.2 Å². The molecule has 2 fully saturated rings. The van der Waals surface area contributed by atoms with Gasteiger partial charge in [0.05, 0.1) is 29.4 Å². The van der Waals surface area contributed by atoms with Crippen molar-refractivity contribution in [2.45, 2.75) is 56.2 Å². The zero-order valence-electron chi connectivity index (χ0n) is 20.3. The third-order valence-corrected chi connectivity index (χ3v) is 6.99. The molecule has 4 rings (SSSR count). The predicted octanol–water partition coefficient (Wildman–Crippen LogP) is 5.86. The molecule has 0 saturated carbocycles. The average molecular weight is 530 g/mol. The van der Waals surface area contributed by atoms with Crippen LogP contribution >= 0.6 is 0 Å². The maximum Gasteiger partial charge on any atom is 0.416 e. The molecule has 37 heavy (non-hydrogen) atoms. The minimum Gasteiger partial charge on any atom is -0.372 e. The van der Waals surface area contributed by atoms with Crippen molar-refractivity contribution in [3.05, 3.63) is 70.8 Å². The molecule has 0 radical (unpaired) electrons. The minimum atomic E-state index is -4.94. The summed E-state index contributed by atoms with van der Waals surface area (Å²) in [6.07, 6.45) is -8.56.